The minimum Gasteiger partial charge on any atom is -0.497 e. The van der Waals surface area contributed by atoms with Gasteiger partial charge in [-0.1, -0.05) is 36.4 Å². The standard InChI is InChI=1S/C31H29N7O3.C22H19N7O/c1-40-26-11-10-23(29(16-26)41-2)20-37(13-4-3-12-32)31(39)27-6-5-7-30(36-27)38-28-15-21(8-9-22(28)18-35-38)24-14-25(33)19-34-17-24;23-8-1-2-9-26-22(30)19-4-3-5-21(28-19)29-20-11-15(6-7-16(20)13-27-29)17-10-18(24)14-25-12-17/h5-11,14-19H,3-4,13,20,33H2,1-2H3;3-7,10-14H,1-2,9,24H2,(H,26,30). The van der Waals surface area contributed by atoms with E-state index in [-0.39, 0.29) is 24.1 Å². The molecule has 0 saturated carbocycles. The van der Waals surface area contributed by atoms with E-state index in [2.05, 4.69) is 42.6 Å². The van der Waals surface area contributed by atoms with Gasteiger partial charge in [-0.2, -0.15) is 20.7 Å². The van der Waals surface area contributed by atoms with Crippen molar-refractivity contribution in [3.05, 3.63) is 157 Å². The van der Waals surface area contributed by atoms with Crippen LogP contribution in [0.4, 0.5) is 11.4 Å². The van der Waals surface area contributed by atoms with Gasteiger partial charge in [-0.15, -0.1) is 0 Å². The van der Waals surface area contributed by atoms with Gasteiger partial charge in [0.15, 0.2) is 11.6 Å². The minimum absolute atomic E-state index is 0.259. The van der Waals surface area contributed by atoms with Crippen LogP contribution < -0.4 is 26.3 Å². The number of aromatic nitrogens is 8. The molecular weight excluding hydrogens is 897 g/mol. The SMILES string of the molecule is COc1ccc(CN(CCCC#N)C(=O)c2cccc(-n3ncc4ccc(-c5cncc(N)c5)cc43)n2)c(OC)c1.N#CCCCNC(=O)c1cccc(-n2ncc3ccc(-c4cncc(N)c4)cc32)n1. The lowest BCUT2D eigenvalue weighted by atomic mass is 10.1. The molecule has 6 aromatic heterocycles. The fourth-order valence-electron chi connectivity index (χ4n) is 7.73. The van der Waals surface area contributed by atoms with Crippen LogP contribution in [0, 0.1) is 22.7 Å². The summed E-state index contributed by atoms with van der Waals surface area (Å²) in [6, 6.07) is 35.8. The normalized spacial score (nSPS) is 10.7. The van der Waals surface area contributed by atoms with Crippen molar-refractivity contribution in [3.63, 3.8) is 0 Å². The molecule has 0 unspecified atom stereocenters. The average molecular weight is 945 g/mol. The third-order valence-corrected chi connectivity index (χ3v) is 11.3. The smallest absolute Gasteiger partial charge is 0.272 e. The molecule has 0 bridgehead atoms. The van der Waals surface area contributed by atoms with E-state index < -0.39 is 0 Å². The Kier molecular flexibility index (Phi) is 15.1. The highest BCUT2D eigenvalue weighted by atomic mass is 16.5. The van der Waals surface area contributed by atoms with Crippen molar-refractivity contribution in [1.29, 1.82) is 10.5 Å². The van der Waals surface area contributed by atoms with Crippen LogP contribution in [0.25, 0.3) is 55.7 Å². The third kappa shape index (κ3) is 11.4. The fourth-order valence-corrected chi connectivity index (χ4v) is 7.73. The Hall–Kier alpha value is -9.68. The van der Waals surface area contributed by atoms with Crippen LogP contribution in [0.15, 0.2) is 140 Å². The lowest BCUT2D eigenvalue weighted by Gasteiger charge is -2.23. The van der Waals surface area contributed by atoms with Gasteiger partial charge in [-0.3, -0.25) is 19.6 Å². The molecule has 9 aromatic rings. The van der Waals surface area contributed by atoms with Crippen molar-refractivity contribution in [2.45, 2.75) is 32.2 Å². The molecule has 18 heteroatoms. The van der Waals surface area contributed by atoms with Crippen molar-refractivity contribution in [2.24, 2.45) is 0 Å². The monoisotopic (exact) mass is 944 g/mol. The molecule has 2 amide bonds. The van der Waals surface area contributed by atoms with E-state index >= 15 is 0 Å². The number of hydrogen-bond acceptors (Lipinski definition) is 14. The second kappa shape index (κ2) is 22.4. The van der Waals surface area contributed by atoms with Gasteiger partial charge in [0.25, 0.3) is 11.8 Å². The van der Waals surface area contributed by atoms with Crippen LogP contribution in [0.1, 0.15) is 52.2 Å². The zero-order valence-corrected chi connectivity index (χ0v) is 38.9. The molecule has 0 spiro atoms. The van der Waals surface area contributed by atoms with Gasteiger partial charge in [0.2, 0.25) is 0 Å². The molecule has 0 saturated heterocycles. The molecule has 0 fully saturated rings. The van der Waals surface area contributed by atoms with Gasteiger partial charge < -0.3 is 31.2 Å². The molecule has 3 aromatic carbocycles. The van der Waals surface area contributed by atoms with E-state index in [1.165, 1.54) is 0 Å². The summed E-state index contributed by atoms with van der Waals surface area (Å²) in [5.41, 5.74) is 19.7. The second-order valence-corrected chi connectivity index (χ2v) is 16.1. The van der Waals surface area contributed by atoms with E-state index in [4.69, 9.17) is 36.4 Å². The first kappa shape index (κ1) is 47.8. The first-order valence-corrected chi connectivity index (χ1v) is 22.5. The van der Waals surface area contributed by atoms with Crippen molar-refractivity contribution in [2.75, 3.05) is 38.8 Å². The number of methoxy groups -OCH3 is 2. The Morgan fingerprint density at radius 3 is 1.79 bits per heavy atom. The Bertz CT molecular complexity index is 3450. The number of anilines is 2. The van der Waals surface area contributed by atoms with E-state index in [0.717, 1.165) is 49.6 Å². The predicted molar refractivity (Wildman–Crippen MR) is 269 cm³/mol. The fraction of sp³-hybridized carbons (Fsp3) is 0.170. The third-order valence-electron chi connectivity index (χ3n) is 11.3. The number of hydrogen-bond donors (Lipinski definition) is 3. The van der Waals surface area contributed by atoms with Crippen molar-refractivity contribution in [1.82, 2.24) is 49.7 Å². The summed E-state index contributed by atoms with van der Waals surface area (Å²) in [4.78, 5) is 45.4. The average Bonchev–Trinajstić information content (AvgIpc) is 4.04. The minimum atomic E-state index is -0.280. The topological polar surface area (TPSA) is 255 Å². The van der Waals surface area contributed by atoms with Gasteiger partial charge in [0, 0.05) is 90.8 Å². The number of ether oxygens (including phenoxy) is 2. The maximum atomic E-state index is 13.8. The Labute approximate surface area is 408 Å². The van der Waals surface area contributed by atoms with Crippen LogP contribution in [-0.4, -0.2) is 83.5 Å². The Morgan fingerprint density at radius 2 is 1.23 bits per heavy atom. The molecule has 0 radical (unpaired) electrons. The molecule has 6 heterocycles. The van der Waals surface area contributed by atoms with Gasteiger partial charge in [0.05, 0.1) is 61.2 Å². The Morgan fingerprint density at radius 1 is 0.648 bits per heavy atom. The van der Waals surface area contributed by atoms with E-state index in [9.17, 15) is 9.59 Å². The number of nitrogens with zero attached hydrogens (tertiary/aromatic N) is 11. The number of pyridine rings is 4. The maximum Gasteiger partial charge on any atom is 0.272 e. The van der Waals surface area contributed by atoms with Crippen LogP contribution in [0.2, 0.25) is 0 Å². The number of carbonyl (C=O) groups is 2. The summed E-state index contributed by atoms with van der Waals surface area (Å²) in [5, 5.41) is 31.3. The number of nitriles is 2. The number of nitrogens with two attached hydrogens (primary N) is 2. The quantitative estimate of drug-likeness (QED) is 0.0774. The van der Waals surface area contributed by atoms with Crippen LogP contribution in [0.3, 0.4) is 0 Å². The summed E-state index contributed by atoms with van der Waals surface area (Å²) in [7, 11) is 3.16. The highest BCUT2D eigenvalue weighted by Gasteiger charge is 2.21. The second-order valence-electron chi connectivity index (χ2n) is 16.1. The van der Waals surface area contributed by atoms with Gasteiger partial charge in [-0.05, 0) is 84.6 Å². The number of nitrogen functional groups attached to an aromatic ring is 2. The number of nitrogens with one attached hydrogen (secondary N) is 1. The number of carbonyl (C=O) groups excluding carboxylic acids is 2. The molecule has 0 aliphatic carbocycles. The van der Waals surface area contributed by atoms with Crippen LogP contribution in [-0.2, 0) is 6.54 Å². The molecule has 71 heavy (non-hydrogen) atoms. The summed E-state index contributed by atoms with van der Waals surface area (Å²) >= 11 is 0. The lowest BCUT2D eigenvalue weighted by Crippen LogP contribution is -2.32. The van der Waals surface area contributed by atoms with Gasteiger partial charge in [-0.25, -0.2) is 19.3 Å². The van der Waals surface area contributed by atoms with Gasteiger partial charge >= 0.3 is 0 Å². The van der Waals surface area contributed by atoms with E-state index in [1.807, 2.05) is 66.7 Å². The molecule has 0 aliphatic rings. The van der Waals surface area contributed by atoms with Crippen molar-refractivity contribution in [3.8, 4) is 57.5 Å². The molecule has 18 nitrogen and oxygen atoms in total. The zero-order valence-electron chi connectivity index (χ0n) is 38.9. The first-order chi connectivity index (χ1) is 34.7. The van der Waals surface area contributed by atoms with Crippen molar-refractivity contribution < 1.29 is 19.1 Å². The molecular formula is C53H48N14O4. The predicted octanol–water partition coefficient (Wildman–Crippen LogP) is 8.13. The van der Waals surface area contributed by atoms with Gasteiger partial charge in [0.1, 0.15) is 22.9 Å². The maximum absolute atomic E-state index is 13.8. The molecule has 0 atom stereocenters. The van der Waals surface area contributed by atoms with E-state index in [1.54, 1.807) is 102 Å². The molecule has 0 aliphatic heterocycles. The highest BCUT2D eigenvalue weighted by Crippen LogP contribution is 2.30. The summed E-state index contributed by atoms with van der Waals surface area (Å²) in [6.45, 7) is 1.10. The molecule has 354 valence electrons. The molecule has 5 N–H and O–H groups in total. The molecule has 9 rings (SSSR count). The summed E-state index contributed by atoms with van der Waals surface area (Å²) in [5.74, 6) is 1.77. The summed E-state index contributed by atoms with van der Waals surface area (Å²) < 4.78 is 14.3. The summed E-state index contributed by atoms with van der Waals surface area (Å²) in [6.07, 6.45) is 12.1. The van der Waals surface area contributed by atoms with E-state index in [0.29, 0.717) is 79.0 Å². The number of fused-ring (bicyclic) bond motifs is 2. The van der Waals surface area contributed by atoms with Crippen LogP contribution in [0.5, 0.6) is 11.5 Å². The van der Waals surface area contributed by atoms with Crippen LogP contribution >= 0.6 is 0 Å². The largest absolute Gasteiger partial charge is 0.497 e. The highest BCUT2D eigenvalue weighted by molar-refractivity contribution is 5.93. The number of benzene rings is 3. The first-order valence-electron chi connectivity index (χ1n) is 22.5. The zero-order chi connectivity index (χ0) is 49.7. The number of unbranched alkanes of at least 4 members (excludes halogenated alkanes) is 2. The number of amides is 2. The van der Waals surface area contributed by atoms with Crippen molar-refractivity contribution >= 4 is 45.0 Å². The Balaban J connectivity index is 0.000000200. The number of rotatable bonds is 16. The lowest BCUT2D eigenvalue weighted by molar-refractivity contribution is 0.0734.